The van der Waals surface area contributed by atoms with Crippen LogP contribution in [0.5, 0.6) is 0 Å². The van der Waals surface area contributed by atoms with E-state index in [4.69, 9.17) is 16.1 Å². The van der Waals surface area contributed by atoms with Crippen molar-refractivity contribution in [1.29, 1.82) is 0 Å². The first kappa shape index (κ1) is 11.0. The molecule has 0 radical (unpaired) electrons. The lowest BCUT2D eigenvalue weighted by atomic mass is 10.2. The van der Waals surface area contributed by atoms with E-state index >= 15 is 0 Å². The highest BCUT2D eigenvalue weighted by Crippen LogP contribution is 2.27. The molecule has 0 saturated carbocycles. The van der Waals surface area contributed by atoms with Crippen molar-refractivity contribution in [1.82, 2.24) is 10.1 Å². The van der Waals surface area contributed by atoms with Gasteiger partial charge in [0.15, 0.2) is 11.4 Å². The van der Waals surface area contributed by atoms with Crippen molar-refractivity contribution in [3.8, 4) is 0 Å². The van der Waals surface area contributed by atoms with Crippen LogP contribution in [0.1, 0.15) is 5.69 Å². The normalized spacial score (nSPS) is 10.8. The number of aryl methyl sites for hydroxylation is 1. The number of rotatable bonds is 2. The lowest BCUT2D eigenvalue weighted by Crippen LogP contribution is -1.92. The highest BCUT2D eigenvalue weighted by Gasteiger charge is 2.08. The van der Waals surface area contributed by atoms with Crippen LogP contribution in [0.3, 0.4) is 0 Å². The Morgan fingerprint density at radius 1 is 1.22 bits per heavy atom. The fourth-order valence-electron chi connectivity index (χ4n) is 1.68. The Bertz CT molecular complexity index is 691. The van der Waals surface area contributed by atoms with Crippen LogP contribution in [0.25, 0.3) is 11.0 Å². The second kappa shape index (κ2) is 4.31. The van der Waals surface area contributed by atoms with Gasteiger partial charge in [0, 0.05) is 16.8 Å². The van der Waals surface area contributed by atoms with Crippen molar-refractivity contribution in [2.24, 2.45) is 0 Å². The molecule has 1 aromatic carbocycles. The molecule has 2 heterocycles. The Labute approximate surface area is 109 Å². The lowest BCUT2D eigenvalue weighted by molar-refractivity contribution is 0.460. The fourth-order valence-corrected chi connectivity index (χ4v) is 1.84. The summed E-state index contributed by atoms with van der Waals surface area (Å²) in [7, 11) is 0. The van der Waals surface area contributed by atoms with Crippen molar-refractivity contribution in [3.05, 3.63) is 47.2 Å². The molecule has 0 aliphatic rings. The van der Waals surface area contributed by atoms with E-state index in [2.05, 4.69) is 15.5 Å². The Balaban J connectivity index is 1.97. The molecule has 3 rings (SSSR count). The fraction of sp³-hybridized carbons (Fsp3) is 0.0769. The van der Waals surface area contributed by atoms with Crippen molar-refractivity contribution in [2.45, 2.75) is 6.92 Å². The molecular weight excluding hydrogens is 250 g/mol. The molecule has 0 fully saturated rings. The Kier molecular flexibility index (Phi) is 2.64. The van der Waals surface area contributed by atoms with Gasteiger partial charge in [0.05, 0.1) is 17.3 Å². The van der Waals surface area contributed by atoms with Gasteiger partial charge in [-0.05, 0) is 31.2 Å². The topological polar surface area (TPSA) is 51.0 Å². The average molecular weight is 260 g/mol. The van der Waals surface area contributed by atoms with Crippen LogP contribution in [0.15, 0.2) is 41.1 Å². The van der Waals surface area contributed by atoms with Gasteiger partial charge in [-0.1, -0.05) is 16.8 Å². The number of benzene rings is 1. The van der Waals surface area contributed by atoms with E-state index in [1.54, 1.807) is 18.3 Å². The van der Waals surface area contributed by atoms with Gasteiger partial charge in [0.1, 0.15) is 0 Å². The van der Waals surface area contributed by atoms with Crippen molar-refractivity contribution >= 4 is 34.1 Å². The summed E-state index contributed by atoms with van der Waals surface area (Å²) in [6.45, 7) is 1.94. The molecule has 1 N–H and O–H groups in total. The van der Waals surface area contributed by atoms with Crippen molar-refractivity contribution in [2.75, 3.05) is 5.32 Å². The molecule has 18 heavy (non-hydrogen) atoms. The second-order valence-electron chi connectivity index (χ2n) is 3.98. The summed E-state index contributed by atoms with van der Waals surface area (Å²) in [5, 5.41) is 8.66. The Hall–Kier alpha value is -2.07. The number of nitrogens with zero attached hydrogens (tertiary/aromatic N) is 2. The van der Waals surface area contributed by atoms with E-state index in [0.717, 1.165) is 16.8 Å². The summed E-state index contributed by atoms with van der Waals surface area (Å²) in [5.41, 5.74) is 2.49. The highest BCUT2D eigenvalue weighted by atomic mass is 35.5. The highest BCUT2D eigenvalue weighted by molar-refractivity contribution is 6.31. The first-order valence-electron chi connectivity index (χ1n) is 5.47. The number of anilines is 2. The van der Waals surface area contributed by atoms with Crippen LogP contribution in [0, 0.1) is 6.92 Å². The summed E-state index contributed by atoms with van der Waals surface area (Å²) in [6, 6.07) is 9.29. The van der Waals surface area contributed by atoms with Crippen molar-refractivity contribution < 1.29 is 4.52 Å². The summed E-state index contributed by atoms with van der Waals surface area (Å²) in [6.07, 6.45) is 1.76. The number of hydrogen-bond donors (Lipinski definition) is 1. The molecule has 0 saturated heterocycles. The average Bonchev–Trinajstić information content (AvgIpc) is 2.74. The van der Waals surface area contributed by atoms with Gasteiger partial charge in [0.25, 0.3) is 0 Å². The molecule has 0 atom stereocenters. The minimum atomic E-state index is 0.627. The molecule has 2 aromatic heterocycles. The van der Waals surface area contributed by atoms with Gasteiger partial charge in [-0.2, -0.15) is 0 Å². The summed E-state index contributed by atoms with van der Waals surface area (Å²) in [5.74, 6) is 0.660. The largest absolute Gasteiger partial charge is 0.354 e. The minimum Gasteiger partial charge on any atom is -0.354 e. The predicted molar refractivity (Wildman–Crippen MR) is 71.3 cm³/mol. The van der Waals surface area contributed by atoms with Gasteiger partial charge < -0.3 is 9.84 Å². The standard InChI is InChI=1S/C13H10ClN3O/c1-8-2-4-10(7-15-8)16-13-11-5-3-9(14)6-12(11)18-17-13/h2-7H,1H3,(H,16,17). The zero-order valence-corrected chi connectivity index (χ0v) is 10.4. The number of pyridine rings is 1. The molecule has 5 heteroatoms. The Morgan fingerprint density at radius 2 is 2.11 bits per heavy atom. The third-order valence-corrected chi connectivity index (χ3v) is 2.84. The molecule has 0 spiro atoms. The quantitative estimate of drug-likeness (QED) is 0.758. The van der Waals surface area contributed by atoms with Gasteiger partial charge in [0.2, 0.25) is 0 Å². The van der Waals surface area contributed by atoms with Crippen LogP contribution in [0.4, 0.5) is 11.5 Å². The molecule has 0 aliphatic heterocycles. The van der Waals surface area contributed by atoms with E-state index in [9.17, 15) is 0 Å². The van der Waals surface area contributed by atoms with Crippen LogP contribution in [-0.2, 0) is 0 Å². The number of hydrogen-bond acceptors (Lipinski definition) is 4. The molecule has 4 nitrogen and oxygen atoms in total. The van der Waals surface area contributed by atoms with E-state index < -0.39 is 0 Å². The lowest BCUT2D eigenvalue weighted by Gasteiger charge is -2.02. The van der Waals surface area contributed by atoms with Crippen LogP contribution in [-0.4, -0.2) is 10.1 Å². The SMILES string of the molecule is Cc1ccc(Nc2noc3cc(Cl)ccc23)cn1. The van der Waals surface area contributed by atoms with Crippen LogP contribution in [0.2, 0.25) is 5.02 Å². The Morgan fingerprint density at radius 3 is 2.89 bits per heavy atom. The molecular formula is C13H10ClN3O. The van der Waals surface area contributed by atoms with Crippen LogP contribution < -0.4 is 5.32 Å². The van der Waals surface area contributed by atoms with Crippen LogP contribution >= 0.6 is 11.6 Å². The van der Waals surface area contributed by atoms with E-state index in [1.807, 2.05) is 25.1 Å². The molecule has 0 bridgehead atoms. The molecule has 0 amide bonds. The smallest absolute Gasteiger partial charge is 0.181 e. The monoisotopic (exact) mass is 259 g/mol. The van der Waals surface area contributed by atoms with Gasteiger partial charge >= 0.3 is 0 Å². The first-order valence-corrected chi connectivity index (χ1v) is 5.85. The summed E-state index contributed by atoms with van der Waals surface area (Å²) in [4.78, 5) is 4.21. The van der Waals surface area contributed by atoms with E-state index in [1.165, 1.54) is 0 Å². The summed E-state index contributed by atoms with van der Waals surface area (Å²) < 4.78 is 5.21. The second-order valence-corrected chi connectivity index (χ2v) is 4.42. The third-order valence-electron chi connectivity index (χ3n) is 2.61. The number of aromatic nitrogens is 2. The van der Waals surface area contributed by atoms with Crippen molar-refractivity contribution in [3.63, 3.8) is 0 Å². The zero-order chi connectivity index (χ0) is 12.5. The van der Waals surface area contributed by atoms with Gasteiger partial charge in [-0.15, -0.1) is 0 Å². The van der Waals surface area contributed by atoms with E-state index in [-0.39, 0.29) is 0 Å². The number of halogens is 1. The maximum atomic E-state index is 5.89. The molecule has 90 valence electrons. The first-order chi connectivity index (χ1) is 8.72. The maximum absolute atomic E-state index is 5.89. The maximum Gasteiger partial charge on any atom is 0.181 e. The molecule has 0 aliphatic carbocycles. The van der Waals surface area contributed by atoms with E-state index in [0.29, 0.717) is 16.4 Å². The summed E-state index contributed by atoms with van der Waals surface area (Å²) >= 11 is 5.89. The zero-order valence-electron chi connectivity index (χ0n) is 9.64. The molecule has 0 unspecified atom stereocenters. The van der Waals surface area contributed by atoms with Gasteiger partial charge in [-0.25, -0.2) is 0 Å². The minimum absolute atomic E-state index is 0.627. The third kappa shape index (κ3) is 2.02. The predicted octanol–water partition coefficient (Wildman–Crippen LogP) is 3.93. The van der Waals surface area contributed by atoms with Gasteiger partial charge in [-0.3, -0.25) is 4.98 Å². The number of fused-ring (bicyclic) bond motifs is 1. The number of nitrogens with one attached hydrogen (secondary N) is 1. The molecule has 3 aromatic rings.